The Morgan fingerprint density at radius 2 is 2.00 bits per heavy atom. The molecule has 0 aromatic heterocycles. The molecule has 1 aliphatic heterocycles. The standard InChI is InChI=1S/C13H22F3N3O2/c1-3-17-12(18-7-6-13(14,15)16)19-8-4-10(5-9-19)11(20)21-2/h10H,3-9H2,1-2H3,(H,17,18). The number of hydrogen-bond donors (Lipinski definition) is 1. The van der Waals surface area contributed by atoms with Crippen LogP contribution in [0.5, 0.6) is 0 Å². The van der Waals surface area contributed by atoms with E-state index in [1.165, 1.54) is 7.11 Å². The Balaban J connectivity index is 2.54. The summed E-state index contributed by atoms with van der Waals surface area (Å²) in [5.74, 6) is 0.114. The number of carbonyl (C=O) groups excluding carboxylic acids is 1. The number of carbonyl (C=O) groups is 1. The molecule has 0 atom stereocenters. The maximum absolute atomic E-state index is 12.2. The van der Waals surface area contributed by atoms with Crippen molar-refractivity contribution in [1.82, 2.24) is 10.2 Å². The predicted molar refractivity (Wildman–Crippen MR) is 73.0 cm³/mol. The lowest BCUT2D eigenvalue weighted by molar-refractivity contribution is -0.146. The van der Waals surface area contributed by atoms with Gasteiger partial charge in [0.15, 0.2) is 5.96 Å². The molecule has 1 saturated heterocycles. The molecule has 0 bridgehead atoms. The van der Waals surface area contributed by atoms with Crippen LogP contribution in [-0.4, -0.2) is 56.3 Å². The van der Waals surface area contributed by atoms with Gasteiger partial charge in [-0.3, -0.25) is 9.79 Å². The topological polar surface area (TPSA) is 53.9 Å². The maximum Gasteiger partial charge on any atom is 0.390 e. The minimum absolute atomic E-state index is 0.135. The number of hydrogen-bond acceptors (Lipinski definition) is 3. The van der Waals surface area contributed by atoms with Crippen LogP contribution in [0.2, 0.25) is 0 Å². The highest BCUT2D eigenvalue weighted by Gasteiger charge is 2.28. The number of nitrogens with one attached hydrogen (secondary N) is 1. The second kappa shape index (κ2) is 8.09. The molecule has 1 rings (SSSR count). The number of nitrogens with zero attached hydrogens (tertiary/aromatic N) is 2. The lowest BCUT2D eigenvalue weighted by Crippen LogP contribution is -2.46. The smallest absolute Gasteiger partial charge is 0.390 e. The summed E-state index contributed by atoms with van der Waals surface area (Å²) < 4.78 is 41.2. The van der Waals surface area contributed by atoms with E-state index in [0.29, 0.717) is 38.4 Å². The number of aliphatic imine (C=N–C) groups is 1. The molecule has 1 fully saturated rings. The Kier molecular flexibility index (Phi) is 6.77. The highest BCUT2D eigenvalue weighted by molar-refractivity contribution is 5.80. The van der Waals surface area contributed by atoms with Crippen LogP contribution < -0.4 is 5.32 Å². The van der Waals surface area contributed by atoms with E-state index < -0.39 is 12.6 Å². The largest absolute Gasteiger partial charge is 0.469 e. The molecule has 0 aromatic rings. The first-order valence-electron chi connectivity index (χ1n) is 7.05. The Morgan fingerprint density at radius 1 is 1.38 bits per heavy atom. The van der Waals surface area contributed by atoms with Gasteiger partial charge in [-0.1, -0.05) is 0 Å². The van der Waals surface area contributed by atoms with E-state index in [1.807, 2.05) is 11.8 Å². The summed E-state index contributed by atoms with van der Waals surface area (Å²) in [6, 6.07) is 0. The van der Waals surface area contributed by atoms with Crippen molar-refractivity contribution in [2.45, 2.75) is 32.4 Å². The molecule has 0 radical (unpaired) electrons. The van der Waals surface area contributed by atoms with Crippen LogP contribution >= 0.6 is 0 Å². The van der Waals surface area contributed by atoms with Crippen molar-refractivity contribution in [2.75, 3.05) is 33.3 Å². The fourth-order valence-electron chi connectivity index (χ4n) is 2.21. The first-order chi connectivity index (χ1) is 9.87. The number of likely N-dealkylation sites (tertiary alicyclic amines) is 1. The number of guanidine groups is 1. The van der Waals surface area contributed by atoms with Gasteiger partial charge in [0.05, 0.1) is 26.0 Å². The van der Waals surface area contributed by atoms with Crippen molar-refractivity contribution < 1.29 is 22.7 Å². The molecule has 0 spiro atoms. The van der Waals surface area contributed by atoms with Gasteiger partial charge in [-0.15, -0.1) is 0 Å². The number of esters is 1. The molecule has 8 heteroatoms. The van der Waals surface area contributed by atoms with Crippen molar-refractivity contribution in [1.29, 1.82) is 0 Å². The van der Waals surface area contributed by atoms with E-state index in [-0.39, 0.29) is 18.4 Å². The van der Waals surface area contributed by atoms with E-state index in [1.54, 1.807) is 0 Å². The second-order valence-corrected chi connectivity index (χ2v) is 4.89. The molecule has 1 heterocycles. The van der Waals surface area contributed by atoms with Crippen LogP contribution in [0.4, 0.5) is 13.2 Å². The molecule has 0 amide bonds. The fourth-order valence-corrected chi connectivity index (χ4v) is 2.21. The number of ether oxygens (including phenoxy) is 1. The van der Waals surface area contributed by atoms with E-state index >= 15 is 0 Å². The first-order valence-corrected chi connectivity index (χ1v) is 7.05. The molecule has 0 saturated carbocycles. The van der Waals surface area contributed by atoms with Crippen molar-refractivity contribution in [3.8, 4) is 0 Å². The molecule has 1 aliphatic rings. The predicted octanol–water partition coefficient (Wildman–Crippen LogP) is 1.79. The monoisotopic (exact) mass is 309 g/mol. The van der Waals surface area contributed by atoms with Gasteiger partial charge in [0.25, 0.3) is 0 Å². The maximum atomic E-state index is 12.2. The van der Waals surface area contributed by atoms with Crippen molar-refractivity contribution in [2.24, 2.45) is 10.9 Å². The minimum atomic E-state index is -4.20. The van der Waals surface area contributed by atoms with E-state index in [9.17, 15) is 18.0 Å². The zero-order valence-corrected chi connectivity index (χ0v) is 12.4. The number of alkyl halides is 3. The molecule has 5 nitrogen and oxygen atoms in total. The van der Waals surface area contributed by atoms with Gasteiger partial charge in [0.1, 0.15) is 0 Å². The van der Waals surface area contributed by atoms with Crippen LogP contribution in [0, 0.1) is 5.92 Å². The van der Waals surface area contributed by atoms with Gasteiger partial charge >= 0.3 is 12.1 Å². The van der Waals surface area contributed by atoms with Crippen LogP contribution in [0.3, 0.4) is 0 Å². The summed E-state index contributed by atoms with van der Waals surface area (Å²) in [6.07, 6.45) is -3.88. The molecular formula is C13H22F3N3O2. The molecular weight excluding hydrogens is 287 g/mol. The van der Waals surface area contributed by atoms with E-state index in [4.69, 9.17) is 4.74 Å². The van der Waals surface area contributed by atoms with Gasteiger partial charge < -0.3 is 15.0 Å². The third-order valence-electron chi connectivity index (χ3n) is 3.32. The minimum Gasteiger partial charge on any atom is -0.469 e. The summed E-state index contributed by atoms with van der Waals surface area (Å²) >= 11 is 0. The quantitative estimate of drug-likeness (QED) is 0.489. The summed E-state index contributed by atoms with van der Waals surface area (Å²) in [6.45, 7) is 3.32. The SMILES string of the molecule is CCNC(=NCCC(F)(F)F)N1CCC(C(=O)OC)CC1. The zero-order valence-electron chi connectivity index (χ0n) is 12.4. The lowest BCUT2D eigenvalue weighted by Gasteiger charge is -2.33. The zero-order chi connectivity index (χ0) is 15.9. The molecule has 0 aromatic carbocycles. The highest BCUT2D eigenvalue weighted by atomic mass is 19.4. The molecule has 122 valence electrons. The van der Waals surface area contributed by atoms with Crippen molar-refractivity contribution >= 4 is 11.9 Å². The summed E-state index contributed by atoms with van der Waals surface area (Å²) in [7, 11) is 1.36. The third-order valence-corrected chi connectivity index (χ3v) is 3.32. The van der Waals surface area contributed by atoms with Gasteiger partial charge in [-0.05, 0) is 19.8 Å². The van der Waals surface area contributed by atoms with Crippen molar-refractivity contribution in [3.05, 3.63) is 0 Å². The Labute approximate surface area is 122 Å². The number of methoxy groups -OCH3 is 1. The Bertz CT molecular complexity index is 364. The molecule has 21 heavy (non-hydrogen) atoms. The fraction of sp³-hybridized carbons (Fsp3) is 0.846. The Hall–Kier alpha value is -1.47. The molecule has 0 unspecified atom stereocenters. The normalized spacial score (nSPS) is 17.8. The van der Waals surface area contributed by atoms with Gasteiger partial charge in [-0.2, -0.15) is 13.2 Å². The molecule has 1 N–H and O–H groups in total. The van der Waals surface area contributed by atoms with Crippen LogP contribution in [0.15, 0.2) is 4.99 Å². The average molecular weight is 309 g/mol. The lowest BCUT2D eigenvalue weighted by atomic mass is 9.97. The van der Waals surface area contributed by atoms with Crippen LogP contribution in [0.1, 0.15) is 26.2 Å². The van der Waals surface area contributed by atoms with Gasteiger partial charge in [0.2, 0.25) is 0 Å². The van der Waals surface area contributed by atoms with Crippen LogP contribution in [0.25, 0.3) is 0 Å². The number of piperidine rings is 1. The summed E-state index contributed by atoms with van der Waals surface area (Å²) in [4.78, 5) is 17.3. The third kappa shape index (κ3) is 6.22. The highest BCUT2D eigenvalue weighted by Crippen LogP contribution is 2.20. The van der Waals surface area contributed by atoms with Gasteiger partial charge in [-0.25, -0.2) is 0 Å². The van der Waals surface area contributed by atoms with Crippen molar-refractivity contribution in [3.63, 3.8) is 0 Å². The second-order valence-electron chi connectivity index (χ2n) is 4.89. The number of halogens is 3. The Morgan fingerprint density at radius 3 is 2.48 bits per heavy atom. The summed E-state index contributed by atoms with van der Waals surface area (Å²) in [5, 5.41) is 2.99. The van der Waals surface area contributed by atoms with Crippen LogP contribution in [-0.2, 0) is 9.53 Å². The van der Waals surface area contributed by atoms with E-state index in [0.717, 1.165) is 0 Å². The molecule has 0 aliphatic carbocycles. The summed E-state index contributed by atoms with van der Waals surface area (Å²) in [5.41, 5.74) is 0. The van der Waals surface area contributed by atoms with E-state index in [2.05, 4.69) is 10.3 Å². The average Bonchev–Trinajstić information content (AvgIpc) is 2.44. The number of rotatable bonds is 4. The van der Waals surface area contributed by atoms with Gasteiger partial charge in [0, 0.05) is 19.6 Å². The first kappa shape index (κ1) is 17.6.